The number of fused-ring (bicyclic) bond motifs is 2. The molecule has 48 heavy (non-hydrogen) atoms. The zero-order valence-corrected chi connectivity index (χ0v) is 27.7. The standard InChI is InChI=1S/C36H35N5O5S.ClH/c37-33(38)25-16-14-23(15-17-25)22-41-34(42)30-12-4-8-26-21-27(18-19-29(26)30)36(39,35(43)46-28-10-2-1-3-11-28)47(44,45)31-13-5-7-24-9-6-20-40-32(24)31;/h4-9,12-21,28H,1-3,10-11,22,39H2,(H3,37,38)(H,41,42);1H. The molecule has 0 bridgehead atoms. The molecule has 4 aromatic carbocycles. The molecule has 0 spiro atoms. The maximum Gasteiger partial charge on any atom is 0.347 e. The Kier molecular flexibility index (Phi) is 10.1. The summed E-state index contributed by atoms with van der Waals surface area (Å²) in [7, 11) is -4.63. The van der Waals surface area contributed by atoms with Gasteiger partial charge in [0.2, 0.25) is 14.7 Å². The van der Waals surface area contributed by atoms with Crippen LogP contribution in [0, 0.1) is 5.41 Å². The number of carbonyl (C=O) groups excluding carboxylic acids is 2. The van der Waals surface area contributed by atoms with Gasteiger partial charge >= 0.3 is 5.97 Å². The number of amidine groups is 1. The van der Waals surface area contributed by atoms with Gasteiger partial charge in [-0.2, -0.15) is 0 Å². The summed E-state index contributed by atoms with van der Waals surface area (Å²) in [6.45, 7) is 0.238. The Morgan fingerprint density at radius 2 is 1.60 bits per heavy atom. The minimum Gasteiger partial charge on any atom is -0.460 e. The van der Waals surface area contributed by atoms with Crippen LogP contribution in [0.25, 0.3) is 21.7 Å². The molecule has 1 atom stereocenters. The first-order valence-electron chi connectivity index (χ1n) is 15.4. The molecule has 12 heteroatoms. The predicted molar refractivity (Wildman–Crippen MR) is 188 cm³/mol. The molecule has 1 aliphatic rings. The van der Waals surface area contributed by atoms with Gasteiger partial charge in [-0.25, -0.2) is 13.2 Å². The monoisotopic (exact) mass is 685 g/mol. The average Bonchev–Trinajstić information content (AvgIpc) is 3.09. The number of rotatable bonds is 9. The van der Waals surface area contributed by atoms with Crippen LogP contribution in [0.3, 0.4) is 0 Å². The number of benzene rings is 4. The maximum atomic E-state index is 14.6. The molecule has 0 saturated heterocycles. The van der Waals surface area contributed by atoms with Crippen molar-refractivity contribution in [1.82, 2.24) is 10.3 Å². The first-order chi connectivity index (χ1) is 22.6. The van der Waals surface area contributed by atoms with Gasteiger partial charge in [-0.15, -0.1) is 12.4 Å². The lowest BCUT2D eigenvalue weighted by molar-refractivity contribution is -0.154. The Bertz CT molecular complexity index is 2110. The largest absolute Gasteiger partial charge is 0.460 e. The van der Waals surface area contributed by atoms with Crippen LogP contribution in [-0.2, 0) is 30.8 Å². The number of carbonyl (C=O) groups is 2. The molecule has 10 nitrogen and oxygen atoms in total. The summed E-state index contributed by atoms with van der Waals surface area (Å²) in [6, 6.07) is 24.9. The fourth-order valence-corrected chi connectivity index (χ4v) is 7.80. The molecular weight excluding hydrogens is 650 g/mol. The SMILES string of the molecule is Cl.N=C(N)c1ccc(CNC(=O)c2cccc3cc(C(N)(C(=O)OC4CCCCC4)S(=O)(=O)c4cccc5cccnc45)ccc23)cc1. The number of nitrogens with zero attached hydrogens (tertiary/aromatic N) is 1. The van der Waals surface area contributed by atoms with Gasteiger partial charge in [0.15, 0.2) is 0 Å². The van der Waals surface area contributed by atoms with Gasteiger partial charge in [-0.05, 0) is 71.8 Å². The number of nitrogens with two attached hydrogens (primary N) is 2. The van der Waals surface area contributed by atoms with E-state index in [9.17, 15) is 18.0 Å². The molecule has 248 valence electrons. The van der Waals surface area contributed by atoms with Crippen LogP contribution < -0.4 is 16.8 Å². The first kappa shape index (κ1) is 34.5. The molecule has 1 unspecified atom stereocenters. The van der Waals surface area contributed by atoms with Gasteiger partial charge in [-0.3, -0.25) is 20.9 Å². The number of amides is 1. The number of nitrogens with one attached hydrogen (secondary N) is 2. The molecule has 6 N–H and O–H groups in total. The zero-order valence-electron chi connectivity index (χ0n) is 26.0. The number of aromatic nitrogens is 1. The number of halogens is 1. The normalized spacial score (nSPS) is 14.9. The molecule has 1 fully saturated rings. The second-order valence-electron chi connectivity index (χ2n) is 11.8. The summed E-state index contributed by atoms with van der Waals surface area (Å²) >= 11 is 0. The summed E-state index contributed by atoms with van der Waals surface area (Å²) in [5, 5.41) is 12.1. The smallest absolute Gasteiger partial charge is 0.347 e. The third-order valence-corrected chi connectivity index (χ3v) is 10.9. The number of pyridine rings is 1. The van der Waals surface area contributed by atoms with Crippen LogP contribution in [0.4, 0.5) is 0 Å². The van der Waals surface area contributed by atoms with Crippen LogP contribution in [0.5, 0.6) is 0 Å². The molecular formula is C36H36ClN5O5S. The quantitative estimate of drug-likeness (QED) is 0.0894. The average molecular weight is 686 g/mol. The number of ether oxygens (including phenoxy) is 1. The minimum atomic E-state index is -4.63. The Hall–Kier alpha value is -4.84. The van der Waals surface area contributed by atoms with Gasteiger partial charge in [0.25, 0.3) is 5.91 Å². The molecule has 1 saturated carbocycles. The van der Waals surface area contributed by atoms with E-state index in [1.54, 1.807) is 72.8 Å². The fraction of sp³-hybridized carbons (Fsp3) is 0.222. The molecule has 1 aromatic heterocycles. The Morgan fingerprint density at radius 1 is 0.917 bits per heavy atom. The van der Waals surface area contributed by atoms with Crippen molar-refractivity contribution in [3.05, 3.63) is 119 Å². The lowest BCUT2D eigenvalue weighted by Crippen LogP contribution is -2.53. The molecule has 5 aromatic rings. The van der Waals surface area contributed by atoms with Gasteiger partial charge in [0, 0.05) is 29.3 Å². The van der Waals surface area contributed by atoms with Crippen molar-refractivity contribution in [2.75, 3.05) is 0 Å². The van der Waals surface area contributed by atoms with Crippen molar-refractivity contribution < 1.29 is 22.7 Å². The second-order valence-corrected chi connectivity index (χ2v) is 13.9. The van der Waals surface area contributed by atoms with Gasteiger partial charge in [-0.1, -0.05) is 73.2 Å². The van der Waals surface area contributed by atoms with Crippen LogP contribution >= 0.6 is 12.4 Å². The summed E-state index contributed by atoms with van der Waals surface area (Å²) in [6.07, 6.45) is 5.09. The van der Waals surface area contributed by atoms with Crippen molar-refractivity contribution in [2.45, 2.75) is 54.5 Å². The van der Waals surface area contributed by atoms with Gasteiger partial charge in [0.1, 0.15) is 11.9 Å². The Morgan fingerprint density at radius 3 is 2.33 bits per heavy atom. The van der Waals surface area contributed by atoms with E-state index in [1.165, 1.54) is 24.4 Å². The summed E-state index contributed by atoms with van der Waals surface area (Å²) in [4.78, 5) is 28.9. The molecule has 6 rings (SSSR count). The van der Waals surface area contributed by atoms with E-state index in [0.717, 1.165) is 24.8 Å². The van der Waals surface area contributed by atoms with Crippen LogP contribution in [0.1, 0.15) is 59.2 Å². The van der Waals surface area contributed by atoms with Crippen molar-refractivity contribution in [3.63, 3.8) is 0 Å². The molecule has 0 radical (unpaired) electrons. The summed E-state index contributed by atoms with van der Waals surface area (Å²) < 4.78 is 35.0. The topological polar surface area (TPSA) is 178 Å². The highest BCUT2D eigenvalue weighted by atomic mass is 35.5. The maximum absolute atomic E-state index is 14.6. The number of nitrogen functional groups attached to an aromatic ring is 1. The second kappa shape index (κ2) is 14.1. The highest BCUT2D eigenvalue weighted by Crippen LogP contribution is 2.38. The van der Waals surface area contributed by atoms with E-state index >= 15 is 0 Å². The Balaban J connectivity index is 0.00000451. The Labute approximate surface area is 284 Å². The third-order valence-electron chi connectivity index (χ3n) is 8.71. The highest BCUT2D eigenvalue weighted by molar-refractivity contribution is 7.93. The van der Waals surface area contributed by atoms with Crippen molar-refractivity contribution in [1.29, 1.82) is 5.41 Å². The number of sulfone groups is 1. The van der Waals surface area contributed by atoms with Crippen LogP contribution in [0.2, 0.25) is 0 Å². The van der Waals surface area contributed by atoms with E-state index in [-0.39, 0.29) is 46.7 Å². The lowest BCUT2D eigenvalue weighted by atomic mass is 9.97. The lowest BCUT2D eigenvalue weighted by Gasteiger charge is -2.31. The van der Waals surface area contributed by atoms with Gasteiger partial charge < -0.3 is 15.8 Å². The number of hydrogen-bond acceptors (Lipinski definition) is 8. The molecule has 0 aliphatic heterocycles. The number of para-hydroxylation sites is 1. The number of esters is 1. The predicted octanol–water partition coefficient (Wildman–Crippen LogP) is 5.49. The van der Waals surface area contributed by atoms with E-state index < -0.39 is 26.8 Å². The summed E-state index contributed by atoms with van der Waals surface area (Å²) in [5.41, 5.74) is 14.3. The van der Waals surface area contributed by atoms with Crippen molar-refractivity contribution in [3.8, 4) is 0 Å². The van der Waals surface area contributed by atoms with Crippen molar-refractivity contribution in [2.24, 2.45) is 11.5 Å². The molecule has 1 heterocycles. The van der Waals surface area contributed by atoms with E-state index in [4.69, 9.17) is 21.6 Å². The zero-order chi connectivity index (χ0) is 33.2. The van der Waals surface area contributed by atoms with Crippen LogP contribution in [-0.4, -0.2) is 37.2 Å². The molecule has 1 aliphatic carbocycles. The van der Waals surface area contributed by atoms with Crippen LogP contribution in [0.15, 0.2) is 102 Å². The van der Waals surface area contributed by atoms with Gasteiger partial charge in [0.05, 0.1) is 10.4 Å². The molecule has 1 amide bonds. The minimum absolute atomic E-state index is 0. The third kappa shape index (κ3) is 6.49. The van der Waals surface area contributed by atoms with Crippen molar-refractivity contribution >= 4 is 61.6 Å². The van der Waals surface area contributed by atoms with E-state index in [1.807, 2.05) is 0 Å². The number of hydrogen-bond donors (Lipinski definition) is 4. The fourth-order valence-electron chi connectivity index (χ4n) is 6.06. The van der Waals surface area contributed by atoms with E-state index in [0.29, 0.717) is 40.1 Å². The summed E-state index contributed by atoms with van der Waals surface area (Å²) in [5.74, 6) is -1.44. The highest BCUT2D eigenvalue weighted by Gasteiger charge is 2.53. The van der Waals surface area contributed by atoms with E-state index in [2.05, 4.69) is 10.3 Å². The first-order valence-corrected chi connectivity index (χ1v) is 16.9.